The van der Waals surface area contributed by atoms with E-state index >= 15 is 0 Å². The zero-order chi connectivity index (χ0) is 21.0. The smallest absolute Gasteiger partial charge is 0.122 e. The first kappa shape index (κ1) is 21.6. The summed E-state index contributed by atoms with van der Waals surface area (Å²) in [4.78, 5) is 0. The van der Waals surface area contributed by atoms with Gasteiger partial charge < -0.3 is 19.5 Å². The van der Waals surface area contributed by atoms with Crippen molar-refractivity contribution in [3.05, 3.63) is 84.4 Å². The maximum absolute atomic E-state index is 5.86. The fourth-order valence-electron chi connectivity index (χ4n) is 2.89. The van der Waals surface area contributed by atoms with Crippen molar-refractivity contribution in [3.63, 3.8) is 0 Å². The second-order valence-electron chi connectivity index (χ2n) is 7.57. The maximum Gasteiger partial charge on any atom is 0.122 e. The molecular formula is C26H31NO3. The Morgan fingerprint density at radius 2 is 1.30 bits per heavy atom. The minimum atomic E-state index is 0.494. The summed E-state index contributed by atoms with van der Waals surface area (Å²) >= 11 is 0. The van der Waals surface area contributed by atoms with Crippen LogP contribution in [0.3, 0.4) is 0 Å². The first-order valence-electron chi connectivity index (χ1n) is 10.6. The number of para-hydroxylation sites is 1. The monoisotopic (exact) mass is 405 g/mol. The molecule has 0 unspecified atom stereocenters. The lowest BCUT2D eigenvalue weighted by atomic mass is 10.1. The molecular weight excluding hydrogens is 374 g/mol. The second-order valence-corrected chi connectivity index (χ2v) is 7.57. The summed E-state index contributed by atoms with van der Waals surface area (Å²) in [6.07, 6.45) is 1.06. The molecule has 0 aromatic heterocycles. The summed E-state index contributed by atoms with van der Waals surface area (Å²) in [5, 5.41) is 3.45. The van der Waals surface area contributed by atoms with Gasteiger partial charge in [0, 0.05) is 18.3 Å². The van der Waals surface area contributed by atoms with Crippen molar-refractivity contribution in [2.75, 3.05) is 25.1 Å². The largest absolute Gasteiger partial charge is 0.494 e. The lowest BCUT2D eigenvalue weighted by molar-refractivity contribution is 0.217. The van der Waals surface area contributed by atoms with Crippen LogP contribution in [0.4, 0.5) is 5.69 Å². The molecule has 0 saturated carbocycles. The third-order valence-electron chi connectivity index (χ3n) is 4.56. The normalized spacial score (nSPS) is 10.6. The number of hydrogen-bond acceptors (Lipinski definition) is 4. The van der Waals surface area contributed by atoms with Crippen molar-refractivity contribution in [1.29, 1.82) is 0 Å². The zero-order valence-electron chi connectivity index (χ0n) is 17.8. The summed E-state index contributed by atoms with van der Waals surface area (Å²) in [5.41, 5.74) is 2.20. The van der Waals surface area contributed by atoms with Crippen LogP contribution in [0, 0.1) is 5.92 Å². The Labute approximate surface area is 179 Å². The van der Waals surface area contributed by atoms with Gasteiger partial charge in [-0.2, -0.15) is 0 Å². The van der Waals surface area contributed by atoms with E-state index in [0.717, 1.165) is 42.5 Å². The van der Waals surface area contributed by atoms with Crippen LogP contribution in [-0.2, 0) is 6.54 Å². The summed E-state index contributed by atoms with van der Waals surface area (Å²) in [6.45, 7) is 6.89. The molecule has 0 fully saturated rings. The number of anilines is 1. The van der Waals surface area contributed by atoms with E-state index in [4.69, 9.17) is 14.2 Å². The quantitative estimate of drug-likeness (QED) is 0.365. The first-order valence-corrected chi connectivity index (χ1v) is 10.6. The van der Waals surface area contributed by atoms with E-state index in [2.05, 4.69) is 31.3 Å². The topological polar surface area (TPSA) is 39.7 Å². The van der Waals surface area contributed by atoms with Gasteiger partial charge in [0.1, 0.15) is 30.5 Å². The van der Waals surface area contributed by atoms with Crippen LogP contribution in [0.25, 0.3) is 0 Å². The second kappa shape index (κ2) is 11.8. The maximum atomic E-state index is 5.86. The zero-order valence-corrected chi connectivity index (χ0v) is 17.8. The highest BCUT2D eigenvalue weighted by Gasteiger charge is 2.01. The first-order chi connectivity index (χ1) is 14.7. The standard InChI is InChI=1S/C26H31NO3/c1-21(2)14-15-28-25-12-6-8-22(18-25)20-27-23-9-7-13-26(19-23)30-17-16-29-24-10-4-3-5-11-24/h3-13,18-19,21,27H,14-17,20H2,1-2H3. The molecule has 158 valence electrons. The van der Waals surface area contributed by atoms with E-state index in [-0.39, 0.29) is 0 Å². The van der Waals surface area contributed by atoms with Crippen molar-refractivity contribution in [2.45, 2.75) is 26.8 Å². The van der Waals surface area contributed by atoms with Crippen LogP contribution >= 0.6 is 0 Å². The highest BCUT2D eigenvalue weighted by Crippen LogP contribution is 2.20. The molecule has 3 rings (SSSR count). The van der Waals surface area contributed by atoms with Crippen molar-refractivity contribution < 1.29 is 14.2 Å². The summed E-state index contributed by atoms with van der Waals surface area (Å²) in [7, 11) is 0. The SMILES string of the molecule is CC(C)CCOc1cccc(CNc2cccc(OCCOc3ccccc3)c2)c1. The Kier molecular flexibility index (Phi) is 8.46. The van der Waals surface area contributed by atoms with Gasteiger partial charge in [-0.15, -0.1) is 0 Å². The van der Waals surface area contributed by atoms with Gasteiger partial charge in [0.25, 0.3) is 0 Å². The molecule has 4 heteroatoms. The molecule has 0 amide bonds. The highest BCUT2D eigenvalue weighted by atomic mass is 16.5. The van der Waals surface area contributed by atoms with E-state index < -0.39 is 0 Å². The van der Waals surface area contributed by atoms with E-state index in [9.17, 15) is 0 Å². The Bertz CT molecular complexity index is 880. The fraction of sp³-hybridized carbons (Fsp3) is 0.308. The minimum absolute atomic E-state index is 0.494. The van der Waals surface area contributed by atoms with Gasteiger partial charge in [-0.05, 0) is 54.3 Å². The minimum Gasteiger partial charge on any atom is -0.494 e. The fourth-order valence-corrected chi connectivity index (χ4v) is 2.89. The highest BCUT2D eigenvalue weighted by molar-refractivity contribution is 5.48. The molecule has 0 spiro atoms. The Balaban J connectivity index is 1.43. The van der Waals surface area contributed by atoms with Gasteiger partial charge in [0.15, 0.2) is 0 Å². The molecule has 0 heterocycles. The number of nitrogens with one attached hydrogen (secondary N) is 1. The van der Waals surface area contributed by atoms with E-state index in [1.807, 2.05) is 66.7 Å². The van der Waals surface area contributed by atoms with Gasteiger partial charge in [-0.3, -0.25) is 0 Å². The van der Waals surface area contributed by atoms with Crippen LogP contribution < -0.4 is 19.5 Å². The van der Waals surface area contributed by atoms with Crippen molar-refractivity contribution in [1.82, 2.24) is 0 Å². The van der Waals surface area contributed by atoms with Gasteiger partial charge in [-0.1, -0.05) is 50.2 Å². The summed E-state index contributed by atoms with van der Waals surface area (Å²) in [5.74, 6) is 3.24. The molecule has 0 aliphatic carbocycles. The number of benzene rings is 3. The van der Waals surface area contributed by atoms with Crippen LogP contribution in [0.5, 0.6) is 17.2 Å². The number of rotatable bonds is 12. The average molecular weight is 406 g/mol. The molecule has 3 aromatic carbocycles. The van der Waals surface area contributed by atoms with E-state index in [0.29, 0.717) is 19.1 Å². The predicted molar refractivity (Wildman–Crippen MR) is 123 cm³/mol. The third kappa shape index (κ3) is 7.70. The van der Waals surface area contributed by atoms with Crippen LogP contribution in [0.1, 0.15) is 25.8 Å². The molecule has 4 nitrogen and oxygen atoms in total. The van der Waals surface area contributed by atoms with Gasteiger partial charge in [0.2, 0.25) is 0 Å². The molecule has 30 heavy (non-hydrogen) atoms. The molecule has 0 radical (unpaired) electrons. The molecule has 0 saturated heterocycles. The lowest BCUT2D eigenvalue weighted by Gasteiger charge is -2.12. The average Bonchev–Trinajstić information content (AvgIpc) is 2.76. The van der Waals surface area contributed by atoms with Crippen molar-refractivity contribution in [3.8, 4) is 17.2 Å². The molecule has 1 N–H and O–H groups in total. The van der Waals surface area contributed by atoms with Crippen LogP contribution in [0.15, 0.2) is 78.9 Å². The molecule has 0 atom stereocenters. The Morgan fingerprint density at radius 3 is 2.07 bits per heavy atom. The Morgan fingerprint density at radius 1 is 0.667 bits per heavy atom. The van der Waals surface area contributed by atoms with Crippen molar-refractivity contribution in [2.24, 2.45) is 5.92 Å². The van der Waals surface area contributed by atoms with Crippen LogP contribution in [-0.4, -0.2) is 19.8 Å². The predicted octanol–water partition coefficient (Wildman–Crippen LogP) is 6.18. The Hall–Kier alpha value is -3.14. The van der Waals surface area contributed by atoms with E-state index in [1.165, 1.54) is 5.56 Å². The summed E-state index contributed by atoms with van der Waals surface area (Å²) in [6, 6.07) is 26.0. The molecule has 3 aromatic rings. The number of hydrogen-bond donors (Lipinski definition) is 1. The van der Waals surface area contributed by atoms with Gasteiger partial charge in [0.05, 0.1) is 6.61 Å². The van der Waals surface area contributed by atoms with Gasteiger partial charge in [-0.25, -0.2) is 0 Å². The number of ether oxygens (including phenoxy) is 3. The third-order valence-corrected chi connectivity index (χ3v) is 4.56. The van der Waals surface area contributed by atoms with Crippen molar-refractivity contribution >= 4 is 5.69 Å². The van der Waals surface area contributed by atoms with Crippen LogP contribution in [0.2, 0.25) is 0 Å². The lowest BCUT2D eigenvalue weighted by Crippen LogP contribution is -2.09. The van der Waals surface area contributed by atoms with E-state index in [1.54, 1.807) is 0 Å². The molecule has 0 aliphatic heterocycles. The molecule has 0 bridgehead atoms. The summed E-state index contributed by atoms with van der Waals surface area (Å²) < 4.78 is 17.3. The molecule has 0 aliphatic rings. The van der Waals surface area contributed by atoms with Gasteiger partial charge >= 0.3 is 0 Å².